The van der Waals surface area contributed by atoms with Crippen LogP contribution in [0.2, 0.25) is 0 Å². The smallest absolute Gasteiger partial charge is 0.107 e. The zero-order valence-corrected chi connectivity index (χ0v) is 10.7. The van der Waals surface area contributed by atoms with Crippen molar-refractivity contribution in [1.82, 2.24) is 5.32 Å². The summed E-state index contributed by atoms with van der Waals surface area (Å²) in [5, 5.41) is 3.33. The third kappa shape index (κ3) is 2.77. The number of alkyl halides is 1. The molecule has 0 radical (unpaired) electrons. The third-order valence-corrected chi connectivity index (χ3v) is 4.87. The first-order valence-corrected chi connectivity index (χ1v) is 7.03. The topological polar surface area (TPSA) is 12.0 Å². The van der Waals surface area contributed by atoms with Crippen LogP contribution in [0.5, 0.6) is 0 Å². The van der Waals surface area contributed by atoms with Crippen LogP contribution < -0.4 is 5.32 Å². The summed E-state index contributed by atoms with van der Waals surface area (Å²) in [5.41, 5.74) is 0. The van der Waals surface area contributed by atoms with E-state index < -0.39 is 6.17 Å². The molecule has 5 unspecified atom stereocenters. The van der Waals surface area contributed by atoms with Gasteiger partial charge in [0.25, 0.3) is 0 Å². The maximum absolute atomic E-state index is 14.4. The van der Waals surface area contributed by atoms with E-state index in [1.807, 2.05) is 0 Å². The SMILES string of the molecule is CC1CCC(C(F)C2CCCNC2)CC1C. The zero-order valence-electron chi connectivity index (χ0n) is 10.7. The molecule has 94 valence electrons. The first kappa shape index (κ1) is 12.3. The molecule has 1 saturated carbocycles. The van der Waals surface area contributed by atoms with Gasteiger partial charge in [0.15, 0.2) is 0 Å². The van der Waals surface area contributed by atoms with Gasteiger partial charge in [0, 0.05) is 12.5 Å². The first-order valence-electron chi connectivity index (χ1n) is 7.03. The molecule has 2 aliphatic rings. The fraction of sp³-hybridized carbons (Fsp3) is 1.00. The summed E-state index contributed by atoms with van der Waals surface area (Å²) < 4.78 is 14.4. The van der Waals surface area contributed by atoms with Crippen LogP contribution in [0, 0.1) is 23.7 Å². The molecule has 0 aromatic heterocycles. The maximum atomic E-state index is 14.4. The van der Waals surface area contributed by atoms with Crippen molar-refractivity contribution in [2.45, 2.75) is 52.1 Å². The van der Waals surface area contributed by atoms with Gasteiger partial charge in [-0.1, -0.05) is 20.3 Å². The molecule has 1 aliphatic heterocycles. The lowest BCUT2D eigenvalue weighted by Crippen LogP contribution is -2.40. The molecule has 0 bridgehead atoms. The van der Waals surface area contributed by atoms with E-state index >= 15 is 0 Å². The second-order valence-corrected chi connectivity index (χ2v) is 6.08. The molecule has 0 aromatic carbocycles. The van der Waals surface area contributed by atoms with E-state index in [1.165, 1.54) is 6.42 Å². The molecule has 0 aromatic rings. The molecule has 5 atom stereocenters. The summed E-state index contributed by atoms with van der Waals surface area (Å²) in [6, 6.07) is 0. The second kappa shape index (κ2) is 5.48. The molecule has 1 N–H and O–H groups in total. The average Bonchev–Trinajstić information content (AvgIpc) is 2.33. The second-order valence-electron chi connectivity index (χ2n) is 6.08. The zero-order chi connectivity index (χ0) is 11.5. The van der Waals surface area contributed by atoms with Gasteiger partial charge in [-0.25, -0.2) is 4.39 Å². The minimum absolute atomic E-state index is 0.291. The Morgan fingerprint density at radius 3 is 2.50 bits per heavy atom. The molecule has 1 heterocycles. The van der Waals surface area contributed by atoms with Gasteiger partial charge in [0.2, 0.25) is 0 Å². The Labute approximate surface area is 99.2 Å². The normalized spacial score (nSPS) is 42.9. The Balaban J connectivity index is 1.86. The van der Waals surface area contributed by atoms with Crippen LogP contribution in [0.3, 0.4) is 0 Å². The van der Waals surface area contributed by atoms with E-state index in [1.54, 1.807) is 0 Å². The molecule has 0 spiro atoms. The standard InChI is InChI=1S/C14H26FN/c1-10-5-6-12(8-11(10)2)14(15)13-4-3-7-16-9-13/h10-14,16H,3-9H2,1-2H3. The Morgan fingerprint density at radius 1 is 1.06 bits per heavy atom. The molecular formula is C14H26FN. The van der Waals surface area contributed by atoms with Crippen LogP contribution in [0.1, 0.15) is 46.0 Å². The molecular weight excluding hydrogens is 201 g/mol. The van der Waals surface area contributed by atoms with Crippen molar-refractivity contribution in [1.29, 1.82) is 0 Å². The summed E-state index contributed by atoms with van der Waals surface area (Å²) in [5.74, 6) is 2.15. The number of rotatable bonds is 2. The van der Waals surface area contributed by atoms with Gasteiger partial charge in [0.05, 0.1) is 0 Å². The summed E-state index contributed by atoms with van der Waals surface area (Å²) in [6.45, 7) is 6.60. The number of hydrogen-bond acceptors (Lipinski definition) is 1. The Morgan fingerprint density at radius 2 is 1.88 bits per heavy atom. The lowest BCUT2D eigenvalue weighted by molar-refractivity contribution is 0.0716. The predicted molar refractivity (Wildman–Crippen MR) is 66.2 cm³/mol. The van der Waals surface area contributed by atoms with Crippen molar-refractivity contribution in [2.75, 3.05) is 13.1 Å². The van der Waals surface area contributed by atoms with Crippen molar-refractivity contribution in [3.8, 4) is 0 Å². The minimum atomic E-state index is -0.553. The molecule has 1 saturated heterocycles. The molecule has 1 nitrogen and oxygen atoms in total. The van der Waals surface area contributed by atoms with Crippen LogP contribution in [-0.4, -0.2) is 19.3 Å². The number of piperidine rings is 1. The van der Waals surface area contributed by atoms with E-state index in [2.05, 4.69) is 19.2 Å². The third-order valence-electron chi connectivity index (χ3n) is 4.87. The van der Waals surface area contributed by atoms with E-state index in [-0.39, 0.29) is 0 Å². The predicted octanol–water partition coefficient (Wildman–Crippen LogP) is 3.40. The number of halogens is 1. The highest BCUT2D eigenvalue weighted by atomic mass is 19.1. The molecule has 2 fully saturated rings. The minimum Gasteiger partial charge on any atom is -0.316 e. The van der Waals surface area contributed by atoms with E-state index in [4.69, 9.17) is 0 Å². The highest BCUT2D eigenvalue weighted by molar-refractivity contribution is 4.85. The summed E-state index contributed by atoms with van der Waals surface area (Å²) >= 11 is 0. The van der Waals surface area contributed by atoms with Gasteiger partial charge in [0.1, 0.15) is 6.17 Å². The van der Waals surface area contributed by atoms with E-state index in [0.717, 1.165) is 44.7 Å². The monoisotopic (exact) mass is 227 g/mol. The highest BCUT2D eigenvalue weighted by Crippen LogP contribution is 2.38. The van der Waals surface area contributed by atoms with Crippen molar-refractivity contribution < 1.29 is 4.39 Å². The van der Waals surface area contributed by atoms with Crippen LogP contribution >= 0.6 is 0 Å². The van der Waals surface area contributed by atoms with Crippen molar-refractivity contribution in [2.24, 2.45) is 23.7 Å². The van der Waals surface area contributed by atoms with Crippen molar-refractivity contribution in [3.05, 3.63) is 0 Å². The largest absolute Gasteiger partial charge is 0.316 e. The van der Waals surface area contributed by atoms with Gasteiger partial charge in [-0.2, -0.15) is 0 Å². The Bertz CT molecular complexity index is 213. The molecule has 2 rings (SSSR count). The maximum Gasteiger partial charge on any atom is 0.107 e. The van der Waals surface area contributed by atoms with Crippen LogP contribution in [-0.2, 0) is 0 Å². The van der Waals surface area contributed by atoms with Gasteiger partial charge in [-0.3, -0.25) is 0 Å². The Hall–Kier alpha value is -0.110. The van der Waals surface area contributed by atoms with E-state index in [9.17, 15) is 4.39 Å². The quantitative estimate of drug-likeness (QED) is 0.762. The van der Waals surface area contributed by atoms with Crippen molar-refractivity contribution in [3.63, 3.8) is 0 Å². The van der Waals surface area contributed by atoms with Gasteiger partial charge in [-0.15, -0.1) is 0 Å². The van der Waals surface area contributed by atoms with Gasteiger partial charge < -0.3 is 5.32 Å². The van der Waals surface area contributed by atoms with Crippen LogP contribution in [0.15, 0.2) is 0 Å². The highest BCUT2D eigenvalue weighted by Gasteiger charge is 2.34. The average molecular weight is 227 g/mol. The van der Waals surface area contributed by atoms with E-state index in [0.29, 0.717) is 17.8 Å². The fourth-order valence-corrected chi connectivity index (χ4v) is 3.41. The fourth-order valence-electron chi connectivity index (χ4n) is 3.41. The lowest BCUT2D eigenvalue weighted by atomic mass is 9.71. The van der Waals surface area contributed by atoms with Gasteiger partial charge in [-0.05, 0) is 50.0 Å². The summed E-state index contributed by atoms with van der Waals surface area (Å²) in [7, 11) is 0. The first-order chi connectivity index (χ1) is 7.68. The summed E-state index contributed by atoms with van der Waals surface area (Å²) in [4.78, 5) is 0. The van der Waals surface area contributed by atoms with Crippen molar-refractivity contribution >= 4 is 0 Å². The molecule has 16 heavy (non-hydrogen) atoms. The van der Waals surface area contributed by atoms with Crippen LogP contribution in [0.25, 0.3) is 0 Å². The molecule has 2 heteroatoms. The Kier molecular flexibility index (Phi) is 4.23. The summed E-state index contributed by atoms with van der Waals surface area (Å²) in [6.07, 6.45) is 5.15. The van der Waals surface area contributed by atoms with Gasteiger partial charge >= 0.3 is 0 Å². The molecule has 0 amide bonds. The number of nitrogens with one attached hydrogen (secondary N) is 1. The van der Waals surface area contributed by atoms with Crippen LogP contribution in [0.4, 0.5) is 4.39 Å². The number of hydrogen-bond donors (Lipinski definition) is 1. The molecule has 1 aliphatic carbocycles. The lowest BCUT2D eigenvalue weighted by Gasteiger charge is -2.37.